The van der Waals surface area contributed by atoms with Crippen molar-refractivity contribution in [2.24, 2.45) is 11.3 Å². The molecule has 2 aliphatic carbocycles. The minimum Gasteiger partial charge on any atom is -0.392 e. The Morgan fingerprint density at radius 3 is 2.57 bits per heavy atom. The lowest BCUT2D eigenvalue weighted by atomic mass is 9.60. The molecule has 1 saturated heterocycles. The van der Waals surface area contributed by atoms with Crippen LogP contribution in [0, 0.1) is 11.3 Å². The van der Waals surface area contributed by atoms with Crippen molar-refractivity contribution < 1.29 is 5.11 Å². The van der Waals surface area contributed by atoms with Gasteiger partial charge in [-0.05, 0) is 74.9 Å². The van der Waals surface area contributed by atoms with Crippen molar-refractivity contribution in [1.82, 2.24) is 10.2 Å². The van der Waals surface area contributed by atoms with E-state index in [2.05, 4.69) is 60.5 Å². The summed E-state index contributed by atoms with van der Waals surface area (Å²) in [5.74, 6) is 0.749. The first-order valence-corrected chi connectivity index (χ1v) is 11.5. The van der Waals surface area contributed by atoms with Gasteiger partial charge in [-0.2, -0.15) is 0 Å². The fourth-order valence-electron chi connectivity index (χ4n) is 5.48. The third-order valence-electron chi connectivity index (χ3n) is 7.49. The molecule has 3 atom stereocenters. The van der Waals surface area contributed by atoms with E-state index >= 15 is 0 Å². The fraction of sp³-hybridized carbons (Fsp3) is 0.680. The zero-order chi connectivity index (χ0) is 19.6. The van der Waals surface area contributed by atoms with Crippen LogP contribution < -0.4 is 5.32 Å². The number of hydrogen-bond donors (Lipinski definition) is 2. The summed E-state index contributed by atoms with van der Waals surface area (Å²) < 4.78 is 0. The molecule has 0 amide bonds. The minimum atomic E-state index is -0.145. The molecule has 0 aromatic heterocycles. The maximum absolute atomic E-state index is 9.89. The topological polar surface area (TPSA) is 35.5 Å². The van der Waals surface area contributed by atoms with E-state index in [0.29, 0.717) is 11.5 Å². The summed E-state index contributed by atoms with van der Waals surface area (Å²) in [7, 11) is 0. The third-order valence-corrected chi connectivity index (χ3v) is 7.49. The number of likely N-dealkylation sites (tertiary alicyclic amines) is 1. The highest BCUT2D eigenvalue weighted by Crippen LogP contribution is 2.51. The molecule has 1 aromatic rings. The molecule has 1 spiro atoms. The second-order valence-electron chi connectivity index (χ2n) is 9.57. The Kier molecular flexibility index (Phi) is 6.24. The molecule has 0 bridgehead atoms. The van der Waals surface area contributed by atoms with Crippen molar-refractivity contribution >= 4 is 6.08 Å². The molecule has 154 valence electrons. The van der Waals surface area contributed by atoms with E-state index in [4.69, 9.17) is 0 Å². The standard InChI is InChI=1S/C25H38N2O/c1-3-20(14-19-8-6-5-7-9-19)23-15-24(23)26-21-16-25(17-21)10-12-27(13-11-25)18-22(28)4-2/h5-9,14,21-24,26,28H,3-4,10-13,15-18H2,1-2H3/b20-14+/t22-,23+,24-/m1/s1. The van der Waals surface area contributed by atoms with Crippen LogP contribution in [0.2, 0.25) is 0 Å². The average Bonchev–Trinajstić information content (AvgIpc) is 3.46. The number of piperidine rings is 1. The van der Waals surface area contributed by atoms with E-state index in [1.54, 1.807) is 5.57 Å². The van der Waals surface area contributed by atoms with Crippen LogP contribution in [0.5, 0.6) is 0 Å². The Labute approximate surface area is 171 Å². The van der Waals surface area contributed by atoms with E-state index in [0.717, 1.165) is 31.3 Å². The molecule has 2 saturated carbocycles. The van der Waals surface area contributed by atoms with Gasteiger partial charge < -0.3 is 15.3 Å². The molecule has 3 aliphatic rings. The lowest BCUT2D eigenvalue weighted by molar-refractivity contribution is -0.00772. The third kappa shape index (κ3) is 4.69. The summed E-state index contributed by atoms with van der Waals surface area (Å²) in [5, 5.41) is 13.9. The van der Waals surface area contributed by atoms with Gasteiger partial charge in [0.15, 0.2) is 0 Å². The zero-order valence-electron chi connectivity index (χ0n) is 17.7. The molecule has 1 heterocycles. The number of rotatable bonds is 8. The van der Waals surface area contributed by atoms with Crippen molar-refractivity contribution in [3.05, 3.63) is 41.5 Å². The van der Waals surface area contributed by atoms with Gasteiger partial charge in [-0.15, -0.1) is 0 Å². The van der Waals surface area contributed by atoms with Crippen LogP contribution in [-0.2, 0) is 0 Å². The van der Waals surface area contributed by atoms with Gasteiger partial charge in [0, 0.05) is 18.6 Å². The molecule has 1 aromatic carbocycles. The Balaban J connectivity index is 1.21. The van der Waals surface area contributed by atoms with Gasteiger partial charge >= 0.3 is 0 Å². The molecule has 3 nitrogen and oxygen atoms in total. The summed E-state index contributed by atoms with van der Waals surface area (Å²) in [6.45, 7) is 7.59. The van der Waals surface area contributed by atoms with Crippen LogP contribution in [-0.4, -0.2) is 47.8 Å². The van der Waals surface area contributed by atoms with Crippen molar-refractivity contribution in [2.75, 3.05) is 19.6 Å². The predicted octanol–water partition coefficient (Wildman–Crippen LogP) is 4.47. The first-order chi connectivity index (χ1) is 13.6. The molecule has 2 N–H and O–H groups in total. The van der Waals surface area contributed by atoms with Crippen LogP contribution >= 0.6 is 0 Å². The molecule has 0 radical (unpaired) electrons. The number of aliphatic hydroxyl groups excluding tert-OH is 1. The van der Waals surface area contributed by atoms with Crippen LogP contribution in [0.4, 0.5) is 0 Å². The van der Waals surface area contributed by atoms with Gasteiger partial charge in [-0.1, -0.05) is 55.8 Å². The Morgan fingerprint density at radius 1 is 1.21 bits per heavy atom. The summed E-state index contributed by atoms with van der Waals surface area (Å²) in [5.41, 5.74) is 3.55. The molecule has 3 fully saturated rings. The van der Waals surface area contributed by atoms with Crippen molar-refractivity contribution in [3.63, 3.8) is 0 Å². The maximum atomic E-state index is 9.89. The minimum absolute atomic E-state index is 0.145. The van der Waals surface area contributed by atoms with Gasteiger partial charge in [-0.3, -0.25) is 0 Å². The first-order valence-electron chi connectivity index (χ1n) is 11.5. The van der Waals surface area contributed by atoms with Crippen LogP contribution in [0.1, 0.15) is 64.4 Å². The number of benzene rings is 1. The number of β-amino-alcohol motifs (C(OH)–C–C–N with tert-alkyl or cyclic N) is 1. The SMILES string of the molecule is CC/C(=C\c1ccccc1)[C@@H]1C[C@H]1NC1CC2(CCN(C[C@H](O)CC)CC2)C1. The monoisotopic (exact) mass is 382 g/mol. The first kappa shape index (κ1) is 20.1. The highest BCUT2D eigenvalue weighted by Gasteiger charge is 2.49. The highest BCUT2D eigenvalue weighted by molar-refractivity contribution is 5.54. The molecule has 3 heteroatoms. The summed E-state index contributed by atoms with van der Waals surface area (Å²) in [6.07, 6.45) is 11.0. The molecule has 0 unspecified atom stereocenters. The second kappa shape index (κ2) is 8.69. The van der Waals surface area contributed by atoms with Gasteiger partial charge in [0.25, 0.3) is 0 Å². The summed E-state index contributed by atoms with van der Waals surface area (Å²) >= 11 is 0. The van der Waals surface area contributed by atoms with Gasteiger partial charge in [-0.25, -0.2) is 0 Å². The second-order valence-corrected chi connectivity index (χ2v) is 9.57. The fourth-order valence-corrected chi connectivity index (χ4v) is 5.48. The van der Waals surface area contributed by atoms with E-state index in [9.17, 15) is 5.11 Å². The molecular formula is C25H38N2O. The Morgan fingerprint density at radius 2 is 1.93 bits per heavy atom. The Bertz CT molecular complexity index is 654. The summed E-state index contributed by atoms with van der Waals surface area (Å²) in [4.78, 5) is 2.47. The largest absolute Gasteiger partial charge is 0.392 e. The van der Waals surface area contributed by atoms with Gasteiger partial charge in [0.2, 0.25) is 0 Å². The summed E-state index contributed by atoms with van der Waals surface area (Å²) in [6, 6.07) is 12.2. The van der Waals surface area contributed by atoms with Crippen LogP contribution in [0.3, 0.4) is 0 Å². The normalized spacial score (nSPS) is 28.9. The lowest BCUT2D eigenvalue weighted by Crippen LogP contribution is -2.54. The van der Waals surface area contributed by atoms with Crippen LogP contribution in [0.15, 0.2) is 35.9 Å². The number of nitrogens with one attached hydrogen (secondary N) is 1. The van der Waals surface area contributed by atoms with E-state index in [1.165, 1.54) is 50.8 Å². The van der Waals surface area contributed by atoms with E-state index < -0.39 is 0 Å². The van der Waals surface area contributed by atoms with Crippen LogP contribution in [0.25, 0.3) is 6.08 Å². The molecular weight excluding hydrogens is 344 g/mol. The predicted molar refractivity (Wildman–Crippen MR) is 117 cm³/mol. The van der Waals surface area contributed by atoms with Gasteiger partial charge in [0.05, 0.1) is 6.10 Å². The van der Waals surface area contributed by atoms with Crippen molar-refractivity contribution in [2.45, 2.75) is 77.0 Å². The molecule has 28 heavy (non-hydrogen) atoms. The number of nitrogens with zero attached hydrogens (tertiary/aromatic N) is 1. The van der Waals surface area contributed by atoms with Crippen molar-refractivity contribution in [1.29, 1.82) is 0 Å². The number of hydrogen-bond acceptors (Lipinski definition) is 3. The Hall–Kier alpha value is -1.16. The maximum Gasteiger partial charge on any atom is 0.0664 e. The zero-order valence-corrected chi connectivity index (χ0v) is 17.7. The average molecular weight is 383 g/mol. The smallest absolute Gasteiger partial charge is 0.0664 e. The van der Waals surface area contributed by atoms with Gasteiger partial charge in [0.1, 0.15) is 0 Å². The number of aliphatic hydroxyl groups is 1. The lowest BCUT2D eigenvalue weighted by Gasteiger charge is -2.53. The molecule has 4 rings (SSSR count). The van der Waals surface area contributed by atoms with E-state index in [-0.39, 0.29) is 6.10 Å². The highest BCUT2D eigenvalue weighted by atomic mass is 16.3. The van der Waals surface area contributed by atoms with E-state index in [1.807, 2.05) is 0 Å². The molecule has 1 aliphatic heterocycles. The quantitative estimate of drug-likeness (QED) is 0.696. The van der Waals surface area contributed by atoms with Crippen molar-refractivity contribution in [3.8, 4) is 0 Å².